The molecule has 98 valence electrons. The molecule has 0 aliphatic rings. The molecule has 0 aliphatic carbocycles. The number of amides is 1. The summed E-state index contributed by atoms with van der Waals surface area (Å²) in [5, 5.41) is 15.3. The molecule has 0 saturated heterocycles. The van der Waals surface area contributed by atoms with Crippen LogP contribution in [0.2, 0.25) is 0 Å². The van der Waals surface area contributed by atoms with E-state index in [4.69, 9.17) is 0 Å². The minimum absolute atomic E-state index is 0.111. The van der Waals surface area contributed by atoms with Gasteiger partial charge in [0.2, 0.25) is 5.91 Å². The maximum absolute atomic E-state index is 11.6. The van der Waals surface area contributed by atoms with E-state index in [1.165, 1.54) is 17.6 Å². The number of carbonyl (C=O) groups is 1. The Morgan fingerprint density at radius 2 is 2.32 bits per heavy atom. The van der Waals surface area contributed by atoms with Crippen molar-refractivity contribution in [3.63, 3.8) is 0 Å². The molecule has 0 saturated carbocycles. The number of halogens is 1. The summed E-state index contributed by atoms with van der Waals surface area (Å²) in [6, 6.07) is 8.79. The Labute approximate surface area is 122 Å². The SMILES string of the molecule is O=C(Cc1cccs1)NN=Cc1cc(Br)ccc1O. The predicted molar refractivity (Wildman–Crippen MR) is 79.6 cm³/mol. The number of rotatable bonds is 4. The fourth-order valence-electron chi connectivity index (χ4n) is 1.41. The first-order valence-corrected chi connectivity index (χ1v) is 7.15. The topological polar surface area (TPSA) is 61.7 Å². The van der Waals surface area contributed by atoms with Crippen LogP contribution in [0, 0.1) is 0 Å². The summed E-state index contributed by atoms with van der Waals surface area (Å²) < 4.78 is 0.830. The fraction of sp³-hybridized carbons (Fsp3) is 0.0769. The van der Waals surface area contributed by atoms with Crippen molar-refractivity contribution in [3.8, 4) is 5.75 Å². The van der Waals surface area contributed by atoms with E-state index in [2.05, 4.69) is 26.5 Å². The average molecular weight is 339 g/mol. The zero-order valence-electron chi connectivity index (χ0n) is 9.84. The molecule has 19 heavy (non-hydrogen) atoms. The largest absolute Gasteiger partial charge is 0.507 e. The Bertz CT molecular complexity index is 597. The third-order valence-corrected chi connectivity index (χ3v) is 3.67. The zero-order chi connectivity index (χ0) is 13.7. The van der Waals surface area contributed by atoms with Crippen LogP contribution in [0.5, 0.6) is 5.75 Å². The highest BCUT2D eigenvalue weighted by Gasteiger charge is 2.03. The summed E-state index contributed by atoms with van der Waals surface area (Å²) in [5.74, 6) is -0.0763. The number of hydrazone groups is 1. The number of aromatic hydroxyl groups is 1. The molecule has 0 bridgehead atoms. The summed E-state index contributed by atoms with van der Waals surface area (Å²) in [4.78, 5) is 12.5. The Hall–Kier alpha value is -1.66. The van der Waals surface area contributed by atoms with Gasteiger partial charge >= 0.3 is 0 Å². The molecular weight excluding hydrogens is 328 g/mol. The third-order valence-electron chi connectivity index (χ3n) is 2.30. The van der Waals surface area contributed by atoms with Crippen molar-refractivity contribution in [3.05, 3.63) is 50.6 Å². The Kier molecular flexibility index (Phi) is 4.70. The molecule has 1 aromatic heterocycles. The van der Waals surface area contributed by atoms with Crippen LogP contribution in [0.25, 0.3) is 0 Å². The van der Waals surface area contributed by atoms with E-state index in [9.17, 15) is 9.90 Å². The summed E-state index contributed by atoms with van der Waals surface area (Å²) in [6.45, 7) is 0. The summed E-state index contributed by atoms with van der Waals surface area (Å²) >= 11 is 4.82. The summed E-state index contributed by atoms with van der Waals surface area (Å²) in [6.07, 6.45) is 1.71. The number of hydrogen-bond acceptors (Lipinski definition) is 4. The lowest BCUT2D eigenvalue weighted by atomic mass is 10.2. The second kappa shape index (κ2) is 6.49. The van der Waals surface area contributed by atoms with E-state index < -0.39 is 0 Å². The van der Waals surface area contributed by atoms with Gasteiger partial charge in [-0.3, -0.25) is 4.79 Å². The van der Waals surface area contributed by atoms with Crippen molar-refractivity contribution in [1.29, 1.82) is 0 Å². The fourth-order valence-corrected chi connectivity index (χ4v) is 2.50. The molecule has 1 heterocycles. The van der Waals surface area contributed by atoms with E-state index in [0.717, 1.165) is 9.35 Å². The van der Waals surface area contributed by atoms with Gasteiger partial charge in [0, 0.05) is 14.9 Å². The van der Waals surface area contributed by atoms with Gasteiger partial charge in [0.15, 0.2) is 0 Å². The predicted octanol–water partition coefficient (Wildman–Crippen LogP) is 2.91. The van der Waals surface area contributed by atoms with Crippen molar-refractivity contribution >= 4 is 39.4 Å². The van der Waals surface area contributed by atoms with Crippen molar-refractivity contribution in [1.82, 2.24) is 5.43 Å². The molecule has 0 atom stereocenters. The molecule has 4 nitrogen and oxygen atoms in total. The molecule has 2 rings (SSSR count). The third kappa shape index (κ3) is 4.18. The van der Waals surface area contributed by atoms with Gasteiger partial charge in [0.25, 0.3) is 0 Å². The Morgan fingerprint density at radius 3 is 3.05 bits per heavy atom. The standard InChI is InChI=1S/C13H11BrN2O2S/c14-10-3-4-12(17)9(6-10)8-15-16-13(18)7-11-2-1-5-19-11/h1-6,8,17H,7H2,(H,16,18). The van der Waals surface area contributed by atoms with Gasteiger partial charge in [-0.1, -0.05) is 22.0 Å². The lowest BCUT2D eigenvalue weighted by molar-refractivity contribution is -0.120. The molecule has 1 amide bonds. The molecule has 2 aromatic rings. The molecular formula is C13H11BrN2O2S. The lowest BCUT2D eigenvalue weighted by Crippen LogP contribution is -2.19. The van der Waals surface area contributed by atoms with Crippen molar-refractivity contribution < 1.29 is 9.90 Å². The van der Waals surface area contributed by atoms with Crippen molar-refractivity contribution in [2.24, 2.45) is 5.10 Å². The van der Waals surface area contributed by atoms with Crippen LogP contribution >= 0.6 is 27.3 Å². The first-order chi connectivity index (χ1) is 9.15. The zero-order valence-corrected chi connectivity index (χ0v) is 12.2. The Balaban J connectivity index is 1.92. The lowest BCUT2D eigenvalue weighted by Gasteiger charge is -2.00. The van der Waals surface area contributed by atoms with Gasteiger partial charge in [-0.2, -0.15) is 5.10 Å². The maximum Gasteiger partial charge on any atom is 0.245 e. The minimum atomic E-state index is -0.187. The first-order valence-electron chi connectivity index (χ1n) is 5.48. The molecule has 0 aliphatic heterocycles. The van der Waals surface area contributed by atoms with Gasteiger partial charge in [0.1, 0.15) is 5.75 Å². The van der Waals surface area contributed by atoms with E-state index in [-0.39, 0.29) is 11.7 Å². The average Bonchev–Trinajstić information content (AvgIpc) is 2.86. The van der Waals surface area contributed by atoms with Crippen molar-refractivity contribution in [2.45, 2.75) is 6.42 Å². The number of hydrogen-bond donors (Lipinski definition) is 2. The van der Waals surface area contributed by atoms with E-state index in [1.54, 1.807) is 18.2 Å². The van der Waals surface area contributed by atoms with Gasteiger partial charge in [0.05, 0.1) is 12.6 Å². The first kappa shape index (κ1) is 13.8. The van der Waals surface area contributed by atoms with E-state index in [0.29, 0.717) is 12.0 Å². The van der Waals surface area contributed by atoms with Gasteiger partial charge in [-0.05, 0) is 29.6 Å². The highest BCUT2D eigenvalue weighted by molar-refractivity contribution is 9.10. The number of phenols is 1. The molecule has 0 fully saturated rings. The molecule has 0 unspecified atom stereocenters. The molecule has 1 aromatic carbocycles. The maximum atomic E-state index is 11.6. The molecule has 2 N–H and O–H groups in total. The Morgan fingerprint density at radius 1 is 1.47 bits per heavy atom. The number of thiophene rings is 1. The number of phenolic OH excluding ortho intramolecular Hbond substituents is 1. The van der Waals surface area contributed by atoms with Crippen LogP contribution in [0.1, 0.15) is 10.4 Å². The van der Waals surface area contributed by atoms with Crippen LogP contribution in [0.3, 0.4) is 0 Å². The second-order valence-electron chi connectivity index (χ2n) is 3.75. The van der Waals surface area contributed by atoms with Crippen LogP contribution in [0.15, 0.2) is 45.3 Å². The van der Waals surface area contributed by atoms with Crippen LogP contribution < -0.4 is 5.43 Å². The quantitative estimate of drug-likeness (QED) is 0.665. The molecule has 0 spiro atoms. The summed E-state index contributed by atoms with van der Waals surface area (Å²) in [5.41, 5.74) is 2.96. The molecule has 6 heteroatoms. The monoisotopic (exact) mass is 338 g/mol. The summed E-state index contributed by atoms with van der Waals surface area (Å²) in [7, 11) is 0. The van der Waals surface area contributed by atoms with Crippen LogP contribution in [0.4, 0.5) is 0 Å². The van der Waals surface area contributed by atoms with Gasteiger partial charge in [-0.25, -0.2) is 5.43 Å². The molecule has 0 radical (unpaired) electrons. The van der Waals surface area contributed by atoms with Crippen LogP contribution in [-0.4, -0.2) is 17.2 Å². The number of nitrogens with zero attached hydrogens (tertiary/aromatic N) is 1. The van der Waals surface area contributed by atoms with Crippen molar-refractivity contribution in [2.75, 3.05) is 0 Å². The van der Waals surface area contributed by atoms with Crippen LogP contribution in [-0.2, 0) is 11.2 Å². The second-order valence-corrected chi connectivity index (χ2v) is 5.70. The van der Waals surface area contributed by atoms with Gasteiger partial charge in [-0.15, -0.1) is 11.3 Å². The number of nitrogens with one attached hydrogen (secondary N) is 1. The van der Waals surface area contributed by atoms with E-state index in [1.807, 2.05) is 17.5 Å². The highest BCUT2D eigenvalue weighted by atomic mass is 79.9. The normalized spacial score (nSPS) is 10.8. The van der Waals surface area contributed by atoms with Gasteiger partial charge < -0.3 is 5.11 Å². The minimum Gasteiger partial charge on any atom is -0.507 e. The highest BCUT2D eigenvalue weighted by Crippen LogP contribution is 2.19. The number of carbonyl (C=O) groups excluding carboxylic acids is 1. The van der Waals surface area contributed by atoms with E-state index >= 15 is 0 Å². The smallest absolute Gasteiger partial charge is 0.245 e. The number of benzene rings is 1.